The number of nitrogens with zero attached hydrogens (tertiary/aromatic N) is 1. The molecule has 0 N–H and O–H groups in total. The van der Waals surface area contributed by atoms with Crippen LogP contribution in [-0.2, 0) is 0 Å². The molecule has 94 valence electrons. The highest BCUT2D eigenvalue weighted by atomic mass is 16.5. The van der Waals surface area contributed by atoms with Crippen LogP contribution in [0.4, 0.5) is 0 Å². The van der Waals surface area contributed by atoms with Crippen LogP contribution in [0.3, 0.4) is 0 Å². The summed E-state index contributed by atoms with van der Waals surface area (Å²) in [7, 11) is 0. The Kier molecular flexibility index (Phi) is 2.92. The van der Waals surface area contributed by atoms with Gasteiger partial charge in [0.1, 0.15) is 5.75 Å². The number of aryl methyl sites for hydroxylation is 2. The van der Waals surface area contributed by atoms with E-state index in [2.05, 4.69) is 31.0 Å². The fourth-order valence-electron chi connectivity index (χ4n) is 2.23. The number of rotatable bonds is 2. The van der Waals surface area contributed by atoms with E-state index in [1.54, 1.807) is 0 Å². The Balaban J connectivity index is 1.96. The average Bonchev–Trinajstić information content (AvgIpc) is 2.37. The molecule has 2 nitrogen and oxygen atoms in total. The Morgan fingerprint density at radius 2 is 1.53 bits per heavy atom. The SMILES string of the molecule is Cc1cc(C)cc(Oc2cc3ccccc3cn2)c1. The van der Waals surface area contributed by atoms with E-state index in [-0.39, 0.29) is 0 Å². The van der Waals surface area contributed by atoms with Crippen LogP contribution in [0.25, 0.3) is 10.8 Å². The van der Waals surface area contributed by atoms with Gasteiger partial charge in [-0.15, -0.1) is 0 Å². The maximum atomic E-state index is 5.84. The lowest BCUT2D eigenvalue weighted by Gasteiger charge is -2.07. The van der Waals surface area contributed by atoms with Crippen LogP contribution >= 0.6 is 0 Å². The number of pyridine rings is 1. The molecule has 0 fully saturated rings. The molecule has 0 aliphatic carbocycles. The summed E-state index contributed by atoms with van der Waals surface area (Å²) in [5.41, 5.74) is 2.38. The fourth-order valence-corrected chi connectivity index (χ4v) is 2.23. The molecule has 0 spiro atoms. The molecule has 0 aliphatic heterocycles. The molecule has 0 atom stereocenters. The summed E-state index contributed by atoms with van der Waals surface area (Å²) < 4.78 is 5.84. The number of aromatic nitrogens is 1. The van der Waals surface area contributed by atoms with E-state index in [1.807, 2.05) is 42.6 Å². The molecule has 1 heterocycles. The van der Waals surface area contributed by atoms with Crippen molar-refractivity contribution < 1.29 is 4.74 Å². The van der Waals surface area contributed by atoms with Gasteiger partial charge in [0.05, 0.1) is 0 Å². The van der Waals surface area contributed by atoms with E-state index in [9.17, 15) is 0 Å². The Morgan fingerprint density at radius 1 is 0.842 bits per heavy atom. The third-order valence-corrected chi connectivity index (χ3v) is 3.02. The minimum Gasteiger partial charge on any atom is -0.439 e. The molecule has 1 aromatic heterocycles. The monoisotopic (exact) mass is 249 g/mol. The number of hydrogen-bond donors (Lipinski definition) is 0. The Labute approximate surface area is 112 Å². The van der Waals surface area contributed by atoms with Crippen LogP contribution in [0.15, 0.2) is 54.7 Å². The molecular weight excluding hydrogens is 234 g/mol. The number of ether oxygens (including phenoxy) is 1. The zero-order chi connectivity index (χ0) is 13.2. The summed E-state index contributed by atoms with van der Waals surface area (Å²) in [6.07, 6.45) is 1.84. The van der Waals surface area contributed by atoms with Crippen LogP contribution in [0.2, 0.25) is 0 Å². The standard InChI is InChI=1S/C17H15NO/c1-12-7-13(2)9-16(8-12)19-17-10-14-5-3-4-6-15(14)11-18-17/h3-11H,1-2H3. The molecule has 19 heavy (non-hydrogen) atoms. The third-order valence-electron chi connectivity index (χ3n) is 3.02. The van der Waals surface area contributed by atoms with Gasteiger partial charge in [-0.1, -0.05) is 30.3 Å². The van der Waals surface area contributed by atoms with Gasteiger partial charge in [-0.3, -0.25) is 0 Å². The van der Waals surface area contributed by atoms with E-state index >= 15 is 0 Å². The largest absolute Gasteiger partial charge is 0.439 e. The minimum absolute atomic E-state index is 0.628. The van der Waals surface area contributed by atoms with Crippen molar-refractivity contribution in [2.24, 2.45) is 0 Å². The Morgan fingerprint density at radius 3 is 2.26 bits per heavy atom. The Bertz CT molecular complexity index is 714. The topological polar surface area (TPSA) is 22.1 Å². The molecule has 0 bridgehead atoms. The molecule has 0 amide bonds. The minimum atomic E-state index is 0.628. The molecule has 3 rings (SSSR count). The lowest BCUT2D eigenvalue weighted by atomic mass is 10.1. The zero-order valence-corrected chi connectivity index (χ0v) is 11.1. The highest BCUT2D eigenvalue weighted by Crippen LogP contribution is 2.24. The Hall–Kier alpha value is -2.35. The number of hydrogen-bond acceptors (Lipinski definition) is 2. The lowest BCUT2D eigenvalue weighted by molar-refractivity contribution is 0.463. The second-order valence-electron chi connectivity index (χ2n) is 4.80. The highest BCUT2D eigenvalue weighted by Gasteiger charge is 2.02. The number of benzene rings is 2. The van der Waals surface area contributed by atoms with Gasteiger partial charge in [-0.25, -0.2) is 4.98 Å². The third kappa shape index (κ3) is 2.58. The second-order valence-corrected chi connectivity index (χ2v) is 4.80. The average molecular weight is 249 g/mol. The van der Waals surface area contributed by atoms with Crippen molar-refractivity contribution >= 4 is 10.8 Å². The van der Waals surface area contributed by atoms with Gasteiger partial charge in [0.15, 0.2) is 0 Å². The summed E-state index contributed by atoms with van der Waals surface area (Å²) >= 11 is 0. The first-order valence-corrected chi connectivity index (χ1v) is 6.32. The quantitative estimate of drug-likeness (QED) is 0.659. The van der Waals surface area contributed by atoms with Crippen molar-refractivity contribution in [2.75, 3.05) is 0 Å². The summed E-state index contributed by atoms with van der Waals surface area (Å²) in [5.74, 6) is 1.46. The molecule has 0 saturated carbocycles. The van der Waals surface area contributed by atoms with E-state index < -0.39 is 0 Å². The molecule has 0 saturated heterocycles. The van der Waals surface area contributed by atoms with Crippen LogP contribution in [0, 0.1) is 13.8 Å². The van der Waals surface area contributed by atoms with Gasteiger partial charge in [0.2, 0.25) is 5.88 Å². The van der Waals surface area contributed by atoms with Gasteiger partial charge in [0.25, 0.3) is 0 Å². The van der Waals surface area contributed by atoms with Gasteiger partial charge in [0, 0.05) is 17.6 Å². The van der Waals surface area contributed by atoms with Crippen LogP contribution in [0.1, 0.15) is 11.1 Å². The van der Waals surface area contributed by atoms with Gasteiger partial charge in [-0.05, 0) is 42.5 Å². The predicted molar refractivity (Wildman–Crippen MR) is 77.7 cm³/mol. The van der Waals surface area contributed by atoms with E-state index in [1.165, 1.54) is 11.1 Å². The van der Waals surface area contributed by atoms with Gasteiger partial charge >= 0.3 is 0 Å². The molecule has 0 unspecified atom stereocenters. The molecular formula is C17H15NO. The van der Waals surface area contributed by atoms with E-state index in [4.69, 9.17) is 4.74 Å². The molecule has 2 heteroatoms. The van der Waals surface area contributed by atoms with Crippen molar-refractivity contribution in [3.8, 4) is 11.6 Å². The van der Waals surface area contributed by atoms with Crippen LogP contribution in [-0.4, -0.2) is 4.98 Å². The summed E-state index contributed by atoms with van der Waals surface area (Å²) in [6.45, 7) is 4.13. The fraction of sp³-hybridized carbons (Fsp3) is 0.118. The van der Waals surface area contributed by atoms with E-state index in [0.29, 0.717) is 5.88 Å². The normalized spacial score (nSPS) is 10.6. The molecule has 0 aliphatic rings. The molecule has 2 aromatic carbocycles. The summed E-state index contributed by atoms with van der Waals surface area (Å²) in [5, 5.41) is 2.26. The summed E-state index contributed by atoms with van der Waals surface area (Å²) in [6, 6.07) is 16.3. The lowest BCUT2D eigenvalue weighted by Crippen LogP contribution is -1.89. The first-order valence-electron chi connectivity index (χ1n) is 6.32. The van der Waals surface area contributed by atoms with Crippen LogP contribution in [0.5, 0.6) is 11.6 Å². The first-order chi connectivity index (χ1) is 9.20. The van der Waals surface area contributed by atoms with Crippen molar-refractivity contribution in [1.29, 1.82) is 0 Å². The van der Waals surface area contributed by atoms with Gasteiger partial charge < -0.3 is 4.74 Å². The van der Waals surface area contributed by atoms with E-state index in [0.717, 1.165) is 16.5 Å². The van der Waals surface area contributed by atoms with Crippen LogP contribution < -0.4 is 4.74 Å². The van der Waals surface area contributed by atoms with Crippen molar-refractivity contribution in [3.05, 3.63) is 65.9 Å². The zero-order valence-electron chi connectivity index (χ0n) is 11.1. The smallest absolute Gasteiger partial charge is 0.219 e. The molecule has 0 radical (unpaired) electrons. The first kappa shape index (κ1) is 11.7. The second kappa shape index (κ2) is 4.73. The maximum Gasteiger partial charge on any atom is 0.219 e. The number of fused-ring (bicyclic) bond motifs is 1. The highest BCUT2D eigenvalue weighted by molar-refractivity contribution is 5.82. The summed E-state index contributed by atoms with van der Waals surface area (Å²) in [4.78, 5) is 4.34. The van der Waals surface area contributed by atoms with Crippen molar-refractivity contribution in [1.82, 2.24) is 4.98 Å². The predicted octanol–water partition coefficient (Wildman–Crippen LogP) is 4.64. The van der Waals surface area contributed by atoms with Crippen molar-refractivity contribution in [2.45, 2.75) is 13.8 Å². The van der Waals surface area contributed by atoms with Gasteiger partial charge in [-0.2, -0.15) is 0 Å². The maximum absolute atomic E-state index is 5.84. The molecule has 3 aromatic rings. The van der Waals surface area contributed by atoms with Crippen molar-refractivity contribution in [3.63, 3.8) is 0 Å².